The van der Waals surface area contributed by atoms with Crippen molar-refractivity contribution in [1.82, 2.24) is 0 Å². The summed E-state index contributed by atoms with van der Waals surface area (Å²) in [6.07, 6.45) is 1.68. The Hall–Kier alpha value is -1.88. The topological polar surface area (TPSA) is 42.7 Å². The van der Waals surface area contributed by atoms with E-state index < -0.39 is 0 Å². The average Bonchev–Trinajstić information content (AvgIpc) is 2.63. The highest BCUT2D eigenvalue weighted by atomic mass is 35.5. The van der Waals surface area contributed by atoms with Gasteiger partial charge in [0.25, 0.3) is 0 Å². The smallest absolute Gasteiger partial charge is 0.336 e. The Morgan fingerprint density at radius 2 is 1.93 bits per heavy atom. The third kappa shape index (κ3) is 3.38. The van der Waals surface area contributed by atoms with Crippen LogP contribution in [0.2, 0.25) is 15.1 Å². The Balaban J connectivity index is 1.87. The van der Waals surface area contributed by atoms with E-state index in [4.69, 9.17) is 44.0 Å². The molecule has 0 saturated heterocycles. The monoisotopic (exact) mass is 423 g/mol. The SMILES string of the molecule is CCCc1cc(=O)oc2c3c(c(Cl)cc12)OCN(c1ccc(Cl)cc1Cl)C3. The quantitative estimate of drug-likeness (QED) is 0.479. The van der Waals surface area contributed by atoms with Crippen LogP contribution in [0.15, 0.2) is 39.5 Å². The molecule has 0 spiro atoms. The maximum atomic E-state index is 12.1. The Morgan fingerprint density at radius 1 is 1.11 bits per heavy atom. The first-order valence-electron chi connectivity index (χ1n) is 8.59. The lowest BCUT2D eigenvalue weighted by Gasteiger charge is -2.32. The number of fused-ring (bicyclic) bond motifs is 3. The minimum absolute atomic E-state index is 0.276. The number of aryl methyl sites for hydroxylation is 1. The maximum absolute atomic E-state index is 12.1. The number of nitrogens with zero attached hydrogens (tertiary/aromatic N) is 1. The normalized spacial score (nSPS) is 13.6. The standard InChI is InChI=1S/C20H16Cl3NO3/c1-2-3-11-6-18(25)27-19-13(11)8-16(23)20-14(19)9-24(10-26-20)17-5-4-12(21)7-15(17)22/h4-8H,2-3,9-10H2,1H3. The van der Waals surface area contributed by atoms with Crippen LogP contribution in [0.1, 0.15) is 24.5 Å². The Labute approximate surface area is 171 Å². The molecule has 2 heterocycles. The summed E-state index contributed by atoms with van der Waals surface area (Å²) in [6.45, 7) is 2.79. The van der Waals surface area contributed by atoms with Gasteiger partial charge in [0.2, 0.25) is 0 Å². The van der Waals surface area contributed by atoms with Crippen LogP contribution in [-0.2, 0) is 13.0 Å². The molecule has 4 nitrogen and oxygen atoms in total. The number of benzene rings is 2. The van der Waals surface area contributed by atoms with Crippen LogP contribution in [0.3, 0.4) is 0 Å². The van der Waals surface area contributed by atoms with Gasteiger partial charge in [-0.2, -0.15) is 0 Å². The summed E-state index contributed by atoms with van der Waals surface area (Å²) in [5, 5.41) is 2.43. The van der Waals surface area contributed by atoms with Crippen molar-refractivity contribution in [3.63, 3.8) is 0 Å². The number of ether oxygens (including phenoxy) is 1. The van der Waals surface area contributed by atoms with Crippen molar-refractivity contribution in [2.24, 2.45) is 0 Å². The summed E-state index contributed by atoms with van der Waals surface area (Å²) in [5.74, 6) is 0.544. The van der Waals surface area contributed by atoms with E-state index in [0.717, 1.165) is 35.0 Å². The van der Waals surface area contributed by atoms with Gasteiger partial charge in [-0.1, -0.05) is 48.1 Å². The van der Waals surface area contributed by atoms with Gasteiger partial charge >= 0.3 is 5.63 Å². The fraction of sp³-hybridized carbons (Fsp3) is 0.250. The van der Waals surface area contributed by atoms with Gasteiger partial charge in [0, 0.05) is 16.5 Å². The number of rotatable bonds is 3. The first kappa shape index (κ1) is 18.5. The molecule has 2 aromatic carbocycles. The second-order valence-electron chi connectivity index (χ2n) is 6.45. The Bertz CT molecular complexity index is 1090. The second-order valence-corrected chi connectivity index (χ2v) is 7.70. The zero-order valence-electron chi connectivity index (χ0n) is 14.5. The summed E-state index contributed by atoms with van der Waals surface area (Å²) in [6, 6.07) is 8.64. The molecule has 1 aliphatic heterocycles. The molecule has 0 atom stereocenters. The molecule has 140 valence electrons. The lowest BCUT2D eigenvalue weighted by atomic mass is 10.0. The summed E-state index contributed by atoms with van der Waals surface area (Å²) < 4.78 is 11.5. The minimum atomic E-state index is -0.378. The van der Waals surface area contributed by atoms with Crippen molar-refractivity contribution in [2.45, 2.75) is 26.3 Å². The summed E-state index contributed by atoms with van der Waals surface area (Å²) in [7, 11) is 0. The van der Waals surface area contributed by atoms with Crippen LogP contribution in [0.25, 0.3) is 11.0 Å². The van der Waals surface area contributed by atoms with Gasteiger partial charge in [0.1, 0.15) is 11.3 Å². The molecule has 0 amide bonds. The van der Waals surface area contributed by atoms with Crippen molar-refractivity contribution in [2.75, 3.05) is 11.6 Å². The van der Waals surface area contributed by atoms with Crippen LogP contribution in [0, 0.1) is 0 Å². The van der Waals surface area contributed by atoms with Crippen LogP contribution < -0.4 is 15.3 Å². The van der Waals surface area contributed by atoms with Crippen molar-refractivity contribution < 1.29 is 9.15 Å². The first-order chi connectivity index (χ1) is 13.0. The Morgan fingerprint density at radius 3 is 2.67 bits per heavy atom. The molecule has 0 unspecified atom stereocenters. The van der Waals surface area contributed by atoms with E-state index >= 15 is 0 Å². The zero-order valence-corrected chi connectivity index (χ0v) is 16.8. The van der Waals surface area contributed by atoms with Gasteiger partial charge in [0.15, 0.2) is 6.73 Å². The molecule has 0 radical (unpaired) electrons. The highest BCUT2D eigenvalue weighted by molar-refractivity contribution is 6.36. The first-order valence-corrected chi connectivity index (χ1v) is 9.72. The molecule has 27 heavy (non-hydrogen) atoms. The van der Waals surface area contributed by atoms with E-state index in [9.17, 15) is 4.79 Å². The van der Waals surface area contributed by atoms with E-state index in [0.29, 0.717) is 32.9 Å². The fourth-order valence-electron chi connectivity index (χ4n) is 3.42. The molecule has 0 bridgehead atoms. The molecule has 3 aromatic rings. The van der Waals surface area contributed by atoms with Crippen molar-refractivity contribution in [1.29, 1.82) is 0 Å². The van der Waals surface area contributed by atoms with E-state index in [1.165, 1.54) is 6.07 Å². The number of hydrogen-bond donors (Lipinski definition) is 0. The van der Waals surface area contributed by atoms with E-state index in [-0.39, 0.29) is 12.4 Å². The molecular formula is C20H16Cl3NO3. The molecule has 7 heteroatoms. The third-order valence-corrected chi connectivity index (χ3v) is 5.42. The summed E-state index contributed by atoms with van der Waals surface area (Å²) in [5.41, 5.74) is 2.59. The minimum Gasteiger partial charge on any atom is -0.471 e. The molecule has 0 saturated carbocycles. The van der Waals surface area contributed by atoms with Gasteiger partial charge in [-0.25, -0.2) is 4.79 Å². The summed E-state index contributed by atoms with van der Waals surface area (Å²) >= 11 is 18.8. The van der Waals surface area contributed by atoms with Gasteiger partial charge in [-0.05, 0) is 36.2 Å². The van der Waals surface area contributed by atoms with E-state index in [1.54, 1.807) is 12.1 Å². The largest absolute Gasteiger partial charge is 0.471 e. The molecule has 4 rings (SSSR count). The molecule has 0 N–H and O–H groups in total. The van der Waals surface area contributed by atoms with Gasteiger partial charge in [-0.3, -0.25) is 0 Å². The van der Waals surface area contributed by atoms with Crippen molar-refractivity contribution in [3.8, 4) is 5.75 Å². The van der Waals surface area contributed by atoms with Crippen molar-refractivity contribution >= 4 is 51.5 Å². The van der Waals surface area contributed by atoms with Gasteiger partial charge in [0.05, 0.1) is 27.8 Å². The maximum Gasteiger partial charge on any atom is 0.336 e. The number of halogens is 3. The van der Waals surface area contributed by atoms with Gasteiger partial charge < -0.3 is 14.1 Å². The van der Waals surface area contributed by atoms with E-state index in [1.807, 2.05) is 17.0 Å². The van der Waals surface area contributed by atoms with Crippen molar-refractivity contribution in [3.05, 3.63) is 66.9 Å². The third-order valence-electron chi connectivity index (χ3n) is 4.60. The zero-order chi connectivity index (χ0) is 19.1. The molecule has 0 fully saturated rings. The lowest BCUT2D eigenvalue weighted by Crippen LogP contribution is -2.32. The highest BCUT2D eigenvalue weighted by Gasteiger charge is 2.26. The summed E-state index contributed by atoms with van der Waals surface area (Å²) in [4.78, 5) is 14.1. The highest BCUT2D eigenvalue weighted by Crippen LogP contribution is 2.41. The van der Waals surface area contributed by atoms with Crippen LogP contribution in [0.4, 0.5) is 5.69 Å². The van der Waals surface area contributed by atoms with Gasteiger partial charge in [-0.15, -0.1) is 0 Å². The molecule has 0 aliphatic carbocycles. The van der Waals surface area contributed by atoms with Crippen LogP contribution in [0.5, 0.6) is 5.75 Å². The average molecular weight is 425 g/mol. The predicted octanol–water partition coefficient (Wildman–Crippen LogP) is 6.06. The lowest BCUT2D eigenvalue weighted by molar-refractivity contribution is 0.289. The molecular weight excluding hydrogens is 409 g/mol. The molecule has 1 aromatic heterocycles. The number of anilines is 1. The van der Waals surface area contributed by atoms with Crippen LogP contribution in [-0.4, -0.2) is 6.73 Å². The Kier molecular flexibility index (Phi) is 4.97. The van der Waals surface area contributed by atoms with Crippen LogP contribution >= 0.6 is 34.8 Å². The predicted molar refractivity (Wildman–Crippen MR) is 110 cm³/mol. The fourth-order valence-corrected chi connectivity index (χ4v) is 4.23. The van der Waals surface area contributed by atoms with E-state index in [2.05, 4.69) is 6.92 Å². The second kappa shape index (κ2) is 7.27. The number of hydrogen-bond acceptors (Lipinski definition) is 4. The molecule has 1 aliphatic rings.